The molecule has 13 amide bonds. The first-order chi connectivity index (χ1) is 52.6. The Morgan fingerprint density at radius 2 is 0.696 bits per heavy atom. The second-order valence-electron chi connectivity index (χ2n) is 32.3. The van der Waals surface area contributed by atoms with E-state index in [9.17, 15) is 77.6 Å². The fourth-order valence-corrected chi connectivity index (χ4v) is 12.1. The van der Waals surface area contributed by atoms with Crippen molar-refractivity contribution in [3.05, 3.63) is 41.6 Å². The summed E-state index contributed by atoms with van der Waals surface area (Å²) in [5.74, 6) is -13.2. The van der Waals surface area contributed by atoms with Crippen LogP contribution in [0.25, 0.3) is 0 Å². The van der Waals surface area contributed by atoms with Gasteiger partial charge >= 0.3 is 0 Å². The van der Waals surface area contributed by atoms with Gasteiger partial charge in [0.05, 0.1) is 12.6 Å². The maximum atomic E-state index is 14.7. The number of nitrogens with two attached hydrogens (primary N) is 3. The number of hydrogen-bond donors (Lipinski definition) is 19. The molecule has 22 N–H and O–H groups in total. The number of phenolic OH excluding ortho intramolecular Hbond substituents is 1. The number of unbranched alkanes of at least 4 members (excludes halogenated alkanes) is 2. The van der Waals surface area contributed by atoms with Gasteiger partial charge in [0.15, 0.2) is 0 Å². The molecule has 0 saturated heterocycles. The summed E-state index contributed by atoms with van der Waals surface area (Å²) < 4.78 is 0. The quantitative estimate of drug-likeness (QED) is 0.0327. The summed E-state index contributed by atoms with van der Waals surface area (Å²) in [6.45, 7) is 33.4. The van der Waals surface area contributed by atoms with Crippen molar-refractivity contribution >= 4 is 76.8 Å². The molecule has 0 aromatic heterocycles. The van der Waals surface area contributed by atoms with Crippen LogP contribution in [0.3, 0.4) is 0 Å². The van der Waals surface area contributed by atoms with Gasteiger partial charge in [0, 0.05) is 6.42 Å². The maximum absolute atomic E-state index is 14.7. The van der Waals surface area contributed by atoms with Crippen molar-refractivity contribution in [3.8, 4) is 5.75 Å². The monoisotopic (exact) mass is 1580 g/mol. The summed E-state index contributed by atoms with van der Waals surface area (Å²) in [4.78, 5) is 186. The van der Waals surface area contributed by atoms with E-state index >= 15 is 0 Å². The van der Waals surface area contributed by atoms with Crippen molar-refractivity contribution in [2.45, 2.75) is 300 Å². The summed E-state index contributed by atoms with van der Waals surface area (Å²) in [7, 11) is 0. The molecule has 0 heterocycles. The molecule has 32 nitrogen and oxygen atoms in total. The van der Waals surface area contributed by atoms with Crippen LogP contribution in [0.4, 0.5) is 0 Å². The lowest BCUT2D eigenvalue weighted by Crippen LogP contribution is -2.62. The number of carbonyl (C=O) groups excluding carboxylic acids is 13. The van der Waals surface area contributed by atoms with Crippen molar-refractivity contribution in [1.29, 1.82) is 0 Å². The first-order valence-electron chi connectivity index (χ1n) is 40.4. The number of carbonyl (C=O) groups is 13. The highest BCUT2D eigenvalue weighted by molar-refractivity contribution is 6.02. The van der Waals surface area contributed by atoms with Crippen molar-refractivity contribution in [3.63, 3.8) is 0 Å². The third kappa shape index (κ3) is 36.7. The van der Waals surface area contributed by atoms with E-state index in [0.717, 1.165) is 0 Å². The molecule has 15 atom stereocenters. The number of nitrogens with one attached hydrogen (secondary N) is 13. The Labute approximate surface area is 664 Å². The number of aliphatic hydroxyl groups is 2. The summed E-state index contributed by atoms with van der Waals surface area (Å²) in [5, 5.41) is 66.4. The minimum Gasteiger partial charge on any atom is -0.508 e. The third-order valence-electron chi connectivity index (χ3n) is 19.6. The first-order valence-corrected chi connectivity index (χ1v) is 40.4. The van der Waals surface area contributed by atoms with Gasteiger partial charge in [0.2, 0.25) is 65.0 Å². The number of amides is 13. The van der Waals surface area contributed by atoms with Gasteiger partial charge in [-0.2, -0.15) is 0 Å². The van der Waals surface area contributed by atoms with Gasteiger partial charge in [-0.3, -0.25) is 62.3 Å². The van der Waals surface area contributed by atoms with Crippen LogP contribution in [-0.4, -0.2) is 197 Å². The van der Waals surface area contributed by atoms with Crippen molar-refractivity contribution in [2.75, 3.05) is 26.2 Å². The molecular formula is C80H142N16O16. The van der Waals surface area contributed by atoms with E-state index in [-0.39, 0.29) is 113 Å². The second kappa shape index (κ2) is 52.9. The van der Waals surface area contributed by atoms with E-state index in [1.165, 1.54) is 25.1 Å². The molecule has 32 heteroatoms. The van der Waals surface area contributed by atoms with E-state index in [1.807, 2.05) is 55.4 Å². The van der Waals surface area contributed by atoms with Crippen LogP contribution in [0.5, 0.6) is 5.75 Å². The predicted molar refractivity (Wildman–Crippen MR) is 431 cm³/mol. The van der Waals surface area contributed by atoms with Crippen LogP contribution in [-0.2, 0) is 68.7 Å². The summed E-state index contributed by atoms with van der Waals surface area (Å²) >= 11 is 0. The number of aromatic hydroxyl groups is 1. The molecule has 0 bridgehead atoms. The van der Waals surface area contributed by atoms with E-state index in [0.29, 0.717) is 44.1 Å². The average molecular weight is 1580 g/mol. The highest BCUT2D eigenvalue weighted by Crippen LogP contribution is 2.19. The lowest BCUT2D eigenvalue weighted by molar-refractivity contribution is -0.137. The minimum absolute atomic E-state index is 0.0213. The number of phenols is 1. The van der Waals surface area contributed by atoms with Gasteiger partial charge in [-0.15, -0.1) is 0 Å². The molecule has 1 rings (SSSR count). The zero-order valence-corrected chi connectivity index (χ0v) is 70.2. The lowest BCUT2D eigenvalue weighted by Gasteiger charge is -2.31. The summed E-state index contributed by atoms with van der Waals surface area (Å²) in [6, 6.07) is -8.64. The molecule has 0 aliphatic heterocycles. The highest BCUT2D eigenvalue weighted by Gasteiger charge is 2.40. The Morgan fingerprint density at radius 3 is 1.08 bits per heavy atom. The lowest BCUT2D eigenvalue weighted by atomic mass is 9.95. The molecular weight excluding hydrogens is 1440 g/mol. The van der Waals surface area contributed by atoms with E-state index in [4.69, 9.17) is 17.2 Å². The molecule has 638 valence electrons. The number of hydrogen-bond acceptors (Lipinski definition) is 19. The number of benzene rings is 1. The van der Waals surface area contributed by atoms with E-state index in [1.54, 1.807) is 81.4 Å². The first kappa shape index (κ1) is 102. The molecule has 1 aromatic rings. The van der Waals surface area contributed by atoms with Crippen LogP contribution in [0.1, 0.15) is 221 Å². The summed E-state index contributed by atoms with van der Waals surface area (Å²) in [5.41, 5.74) is 18.0. The Hall–Kier alpha value is -8.33. The van der Waals surface area contributed by atoms with Gasteiger partial charge in [0.25, 0.3) is 11.8 Å². The highest BCUT2D eigenvalue weighted by atomic mass is 16.3. The third-order valence-corrected chi connectivity index (χ3v) is 19.6. The maximum Gasteiger partial charge on any atom is 0.268 e. The molecule has 5 unspecified atom stereocenters. The fourth-order valence-electron chi connectivity index (χ4n) is 12.1. The smallest absolute Gasteiger partial charge is 0.268 e. The van der Waals surface area contributed by atoms with Crippen molar-refractivity contribution < 1.29 is 77.6 Å². The minimum atomic E-state index is -1.40. The average Bonchev–Trinajstić information content (AvgIpc) is 0.846. The number of rotatable bonds is 54. The molecule has 0 aliphatic rings. The molecule has 0 saturated carbocycles. The molecule has 0 fully saturated rings. The van der Waals surface area contributed by atoms with Gasteiger partial charge in [0.1, 0.15) is 84.0 Å². The van der Waals surface area contributed by atoms with Crippen LogP contribution in [0.15, 0.2) is 36.0 Å². The SMILES string of the molecule is C/C=C(/NC(=O)[C@@H](O)[C@@H](C)CC)C(=O)NC(CC(C)C)C(=O)N[C@H](CCCN)C(=O)N[C@H](C(=O)N[C@H](C(=O)N[C@H](C(=O)NC(CCCCN)C(=O)N[C@H](C(=O)NC(CC(C)C)C(=O)NC(CCCCN)C(=O)N[C@H](Cc1ccc(O)cc1)C(=O)NC(CC(C)C)C(=O)N[C@H](CO)C(C)C)C(C)C)C(C)C)C(C)C)[C@@H](C)CC. The zero-order chi connectivity index (χ0) is 85.4. The van der Waals surface area contributed by atoms with Crippen molar-refractivity contribution in [2.24, 2.45) is 70.5 Å². The van der Waals surface area contributed by atoms with Crippen LogP contribution in [0.2, 0.25) is 0 Å². The zero-order valence-electron chi connectivity index (χ0n) is 70.2. The van der Waals surface area contributed by atoms with Gasteiger partial charge in [-0.05, 0) is 168 Å². The number of aliphatic hydroxyl groups excluding tert-OH is 2. The largest absolute Gasteiger partial charge is 0.508 e. The van der Waals surface area contributed by atoms with E-state index in [2.05, 4.69) is 69.1 Å². The topological polar surface area (TPSA) is 517 Å². The Bertz CT molecular complexity index is 3170. The standard InChI is InChI=1S/C80H142N16O16/c1-20-50(18)66(96-71(103)57(30-27-37-83)86-72(104)58(38-43(4)5)88-68(100)54(22-3)84-80(112)67(99)51(19)21-2)79(111)95-65(49(16)17)78(110)94-64(48(14)15)76(108)87-56(29-24-26-36-82)70(102)93-63(47(12)13)77(109)91-60(40-45(8)9)73(105)85-55(28-23-25-35-81)69(101)90-61(41-52-31-33-53(98)34-32-52)75(107)89-59(39-44(6)7)74(106)92-62(42-97)46(10)11/h22,31-34,43-51,55-67,97-99H,20-21,23-30,35-42,81-83H2,1-19H3,(H,84,112)(H,85,105)(H,86,104)(H,87,108)(H,88,100)(H,89,107)(H,90,101)(H,91,109)(H,92,106)(H,93,102)(H,94,110)(H,95,111)(H,96,103)/b54-22+/t50-,51-,55?,56?,57+,58?,59?,60?,61+,62+,63-,64-,65-,66-,67-/m0/s1. The molecule has 0 aliphatic carbocycles. The molecule has 112 heavy (non-hydrogen) atoms. The molecule has 1 aromatic carbocycles. The van der Waals surface area contributed by atoms with E-state index < -0.39 is 185 Å². The van der Waals surface area contributed by atoms with Gasteiger partial charge < -0.3 is 102 Å². The van der Waals surface area contributed by atoms with Gasteiger partial charge in [-0.25, -0.2) is 0 Å². The van der Waals surface area contributed by atoms with Crippen LogP contribution in [0, 0.1) is 53.3 Å². The molecule has 0 spiro atoms. The summed E-state index contributed by atoms with van der Waals surface area (Å²) in [6.07, 6.45) is 2.98. The van der Waals surface area contributed by atoms with Gasteiger partial charge in [-0.1, -0.05) is 156 Å². The normalized spacial score (nSPS) is 15.8. The van der Waals surface area contributed by atoms with Crippen molar-refractivity contribution in [1.82, 2.24) is 69.1 Å². The Kier molecular flexibility index (Phi) is 48.0. The Morgan fingerprint density at radius 1 is 0.375 bits per heavy atom. The van der Waals surface area contributed by atoms with Crippen LogP contribution < -0.4 is 86.3 Å². The predicted octanol–water partition coefficient (Wildman–Crippen LogP) is 1.98. The second-order valence-corrected chi connectivity index (χ2v) is 32.3. The fraction of sp³-hybridized carbons (Fsp3) is 0.738. The van der Waals surface area contributed by atoms with Crippen LogP contribution >= 0.6 is 0 Å². The molecule has 0 radical (unpaired) electrons. The Balaban J connectivity index is 3.65. The number of allylic oxidation sites excluding steroid dienone is 1.